The summed E-state index contributed by atoms with van der Waals surface area (Å²) in [5, 5.41) is 1.94. The second-order valence-corrected chi connectivity index (χ2v) is 10.1. The molecule has 202 valence electrons. The number of aromatic nitrogens is 1. The molecule has 4 heterocycles. The van der Waals surface area contributed by atoms with E-state index >= 15 is 0 Å². The molecule has 6 rings (SSSR count). The van der Waals surface area contributed by atoms with Crippen molar-refractivity contribution in [2.24, 2.45) is 0 Å². The molecule has 1 fully saturated rings. The molecule has 2 aromatic carbocycles. The number of carbonyl (C=O) groups is 2. The smallest absolute Gasteiger partial charge is 0.451 e. The number of ether oxygens (including phenoxy) is 4. The second kappa shape index (κ2) is 10.3. The summed E-state index contributed by atoms with van der Waals surface area (Å²) in [5.74, 6) is -0.438. The molecule has 0 aliphatic carbocycles. The fourth-order valence-electron chi connectivity index (χ4n) is 5.25. The van der Waals surface area contributed by atoms with E-state index in [4.69, 9.17) is 14.2 Å². The minimum Gasteiger partial charge on any atom is -0.451 e. The maximum atomic E-state index is 14.8. The summed E-state index contributed by atoms with van der Waals surface area (Å²) in [6, 6.07) is 13.4. The fraction of sp³-hybridized carbons (Fsp3) is 0.296. The average Bonchev–Trinajstić information content (AvgIpc) is 3.11. The molecule has 10 nitrogen and oxygen atoms in total. The number of nitrogens with zero attached hydrogens (tertiary/aromatic N) is 3. The number of methoxy groups -OCH3 is 1. The standard InChI is InChI=1S/C27H24FN3O7S/c1-35-27(34)38-15-37-25-20(32)8-9-30-24(25)26(33)29-10-11-36-13-22(29)31(30)23-18-4-2-3-5-21(18)39-14-16-6-7-17(28)12-19(16)23/h2-9,12,22-23H,10-11,13-15H2,1H3/t22-,23-/m1/s1. The SMILES string of the molecule is COC(=O)OCOc1c2n(ccc1=O)N([C@H]1c3cc(F)ccc3CSc3ccccc31)[C@@H]1COCCN1C2=O. The first-order chi connectivity index (χ1) is 19.0. The Morgan fingerprint density at radius 1 is 1.15 bits per heavy atom. The highest BCUT2D eigenvalue weighted by Gasteiger charge is 2.46. The number of thioether (sulfide) groups is 1. The van der Waals surface area contributed by atoms with Crippen LogP contribution in [-0.2, 0) is 20.0 Å². The minimum absolute atomic E-state index is 0.0264. The molecule has 1 amide bonds. The van der Waals surface area contributed by atoms with Crippen LogP contribution in [0.15, 0.2) is 64.4 Å². The van der Waals surface area contributed by atoms with E-state index in [2.05, 4.69) is 4.74 Å². The van der Waals surface area contributed by atoms with Gasteiger partial charge in [0, 0.05) is 29.5 Å². The number of halogens is 1. The van der Waals surface area contributed by atoms with Crippen LogP contribution in [0, 0.1) is 5.82 Å². The maximum Gasteiger partial charge on any atom is 0.510 e. The van der Waals surface area contributed by atoms with Crippen molar-refractivity contribution < 1.29 is 32.9 Å². The number of benzene rings is 2. The molecule has 3 aliphatic heterocycles. The lowest BCUT2D eigenvalue weighted by Crippen LogP contribution is -2.66. The Morgan fingerprint density at radius 2 is 2.00 bits per heavy atom. The van der Waals surface area contributed by atoms with E-state index in [1.165, 1.54) is 24.4 Å². The zero-order valence-electron chi connectivity index (χ0n) is 20.9. The van der Waals surface area contributed by atoms with Crippen molar-refractivity contribution in [2.75, 3.05) is 38.7 Å². The highest BCUT2D eigenvalue weighted by molar-refractivity contribution is 7.98. The monoisotopic (exact) mass is 553 g/mol. The first kappa shape index (κ1) is 25.3. The van der Waals surface area contributed by atoms with Gasteiger partial charge in [0.1, 0.15) is 12.0 Å². The van der Waals surface area contributed by atoms with Crippen LogP contribution >= 0.6 is 11.8 Å². The molecule has 3 aliphatic rings. The normalized spacial score (nSPS) is 19.7. The Balaban J connectivity index is 1.57. The summed E-state index contributed by atoms with van der Waals surface area (Å²) in [4.78, 5) is 40.9. The molecule has 0 saturated carbocycles. The van der Waals surface area contributed by atoms with Crippen molar-refractivity contribution >= 4 is 23.8 Å². The van der Waals surface area contributed by atoms with E-state index in [1.807, 2.05) is 29.3 Å². The fourth-order valence-corrected chi connectivity index (χ4v) is 6.35. The van der Waals surface area contributed by atoms with E-state index < -0.39 is 36.5 Å². The number of fused-ring (bicyclic) bond motifs is 4. The Morgan fingerprint density at radius 3 is 2.85 bits per heavy atom. The van der Waals surface area contributed by atoms with Crippen molar-refractivity contribution in [2.45, 2.75) is 22.9 Å². The third kappa shape index (κ3) is 4.39. The van der Waals surface area contributed by atoms with Gasteiger partial charge in [-0.2, -0.15) is 0 Å². The minimum atomic E-state index is -0.993. The highest BCUT2D eigenvalue weighted by atomic mass is 32.2. The Hall–Kier alpha value is -4.03. The summed E-state index contributed by atoms with van der Waals surface area (Å²) < 4.78 is 37.0. The van der Waals surface area contributed by atoms with Gasteiger partial charge in [-0.3, -0.25) is 19.3 Å². The highest BCUT2D eigenvalue weighted by Crippen LogP contribution is 2.44. The molecule has 39 heavy (non-hydrogen) atoms. The van der Waals surface area contributed by atoms with E-state index in [0.717, 1.165) is 28.7 Å². The molecule has 1 aromatic heterocycles. The van der Waals surface area contributed by atoms with Crippen LogP contribution in [0.3, 0.4) is 0 Å². The lowest BCUT2D eigenvalue weighted by atomic mass is 9.93. The summed E-state index contributed by atoms with van der Waals surface area (Å²) >= 11 is 1.65. The van der Waals surface area contributed by atoms with Gasteiger partial charge in [0.15, 0.2) is 5.69 Å². The van der Waals surface area contributed by atoms with Gasteiger partial charge >= 0.3 is 6.16 Å². The van der Waals surface area contributed by atoms with E-state index in [1.54, 1.807) is 27.4 Å². The largest absolute Gasteiger partial charge is 0.510 e. The zero-order valence-corrected chi connectivity index (χ0v) is 21.7. The molecular formula is C27H24FN3O7S. The lowest BCUT2D eigenvalue weighted by Gasteiger charge is -2.51. The third-order valence-corrected chi connectivity index (χ3v) is 8.10. The average molecular weight is 554 g/mol. The van der Waals surface area contributed by atoms with Gasteiger partial charge < -0.3 is 23.8 Å². The van der Waals surface area contributed by atoms with Crippen LogP contribution in [0.5, 0.6) is 5.75 Å². The van der Waals surface area contributed by atoms with Gasteiger partial charge in [-0.1, -0.05) is 24.3 Å². The van der Waals surface area contributed by atoms with Crippen molar-refractivity contribution in [3.63, 3.8) is 0 Å². The number of hydrogen-bond donors (Lipinski definition) is 0. The number of hydrogen-bond acceptors (Lipinski definition) is 9. The molecule has 0 bridgehead atoms. The number of carbonyl (C=O) groups excluding carboxylic acids is 2. The van der Waals surface area contributed by atoms with Gasteiger partial charge in [0.25, 0.3) is 5.91 Å². The molecular weight excluding hydrogens is 529 g/mol. The van der Waals surface area contributed by atoms with Crippen molar-refractivity contribution in [3.05, 3.63) is 93.2 Å². The summed E-state index contributed by atoms with van der Waals surface area (Å²) in [6.45, 7) is 0.169. The number of morpholine rings is 1. The van der Waals surface area contributed by atoms with Gasteiger partial charge in [-0.05, 0) is 34.9 Å². The topological polar surface area (TPSA) is 99.5 Å². The maximum absolute atomic E-state index is 14.8. The van der Waals surface area contributed by atoms with Crippen LogP contribution in [0.4, 0.5) is 9.18 Å². The third-order valence-electron chi connectivity index (χ3n) is 6.97. The first-order valence-corrected chi connectivity index (χ1v) is 13.2. The zero-order chi connectivity index (χ0) is 27.1. The van der Waals surface area contributed by atoms with Gasteiger partial charge in [0.2, 0.25) is 18.0 Å². The second-order valence-electron chi connectivity index (χ2n) is 9.07. The Bertz CT molecular complexity index is 1510. The molecule has 12 heteroatoms. The van der Waals surface area contributed by atoms with Crippen LogP contribution in [-0.4, -0.2) is 61.5 Å². The van der Waals surface area contributed by atoms with Crippen molar-refractivity contribution in [1.29, 1.82) is 0 Å². The van der Waals surface area contributed by atoms with E-state index in [-0.39, 0.29) is 30.4 Å². The van der Waals surface area contributed by atoms with Gasteiger partial charge in [-0.15, -0.1) is 11.8 Å². The molecule has 1 saturated heterocycles. The summed E-state index contributed by atoms with van der Waals surface area (Å²) in [7, 11) is 1.14. The Labute approximate surface area is 226 Å². The predicted octanol–water partition coefficient (Wildman–Crippen LogP) is 3.25. The molecule has 0 unspecified atom stereocenters. The van der Waals surface area contributed by atoms with Crippen LogP contribution in [0.1, 0.15) is 33.2 Å². The van der Waals surface area contributed by atoms with E-state index in [0.29, 0.717) is 12.4 Å². The molecule has 0 N–H and O–H groups in total. The van der Waals surface area contributed by atoms with Gasteiger partial charge in [-0.25, -0.2) is 9.18 Å². The first-order valence-electron chi connectivity index (χ1n) is 12.2. The number of pyridine rings is 1. The van der Waals surface area contributed by atoms with Crippen LogP contribution < -0.4 is 15.2 Å². The lowest BCUT2D eigenvalue weighted by molar-refractivity contribution is -0.0209. The predicted molar refractivity (Wildman–Crippen MR) is 138 cm³/mol. The molecule has 0 radical (unpaired) electrons. The number of amides is 1. The van der Waals surface area contributed by atoms with Crippen LogP contribution in [0.25, 0.3) is 0 Å². The molecule has 0 spiro atoms. The molecule has 3 aromatic rings. The van der Waals surface area contributed by atoms with Gasteiger partial charge in [0.05, 0.1) is 26.4 Å². The van der Waals surface area contributed by atoms with Crippen molar-refractivity contribution in [1.82, 2.24) is 9.58 Å². The summed E-state index contributed by atoms with van der Waals surface area (Å²) in [5.41, 5.74) is 2.04. The quantitative estimate of drug-likeness (QED) is 0.356. The number of rotatable bonds is 4. The van der Waals surface area contributed by atoms with E-state index in [9.17, 15) is 18.8 Å². The molecule has 2 atom stereocenters. The Kier molecular flexibility index (Phi) is 6.65. The van der Waals surface area contributed by atoms with Crippen LogP contribution in [0.2, 0.25) is 0 Å². The summed E-state index contributed by atoms with van der Waals surface area (Å²) in [6.07, 6.45) is -0.0419. The van der Waals surface area contributed by atoms with Crippen molar-refractivity contribution in [3.8, 4) is 5.75 Å².